The Morgan fingerprint density at radius 2 is 2.17 bits per heavy atom. The minimum absolute atomic E-state index is 0.149. The molecule has 1 aromatic heterocycles. The fourth-order valence-electron chi connectivity index (χ4n) is 1.79. The van der Waals surface area contributed by atoms with Crippen LogP contribution in [0.3, 0.4) is 0 Å². The smallest absolute Gasteiger partial charge is 0.306 e. The topological polar surface area (TPSA) is 39.4 Å². The Morgan fingerprint density at radius 3 is 2.94 bits per heavy atom. The summed E-state index contributed by atoms with van der Waals surface area (Å²) in [4.78, 5) is 11.4. The second-order valence-electron chi connectivity index (χ2n) is 4.32. The van der Waals surface area contributed by atoms with Crippen molar-refractivity contribution in [1.29, 1.82) is 0 Å². The highest BCUT2D eigenvalue weighted by Crippen LogP contribution is 2.19. The van der Waals surface area contributed by atoms with Gasteiger partial charge in [-0.05, 0) is 18.6 Å². The van der Waals surface area contributed by atoms with E-state index >= 15 is 0 Å². The highest BCUT2D eigenvalue weighted by molar-refractivity contribution is 5.78. The SMILES string of the molecule is CCCCOC(=O)CCc1cc2ccccc2o1. The van der Waals surface area contributed by atoms with E-state index in [0.29, 0.717) is 19.4 Å². The molecule has 0 unspecified atom stereocenters. The molecular formula is C15H18O3. The summed E-state index contributed by atoms with van der Waals surface area (Å²) in [7, 11) is 0. The van der Waals surface area contributed by atoms with Gasteiger partial charge in [-0.15, -0.1) is 0 Å². The standard InChI is InChI=1S/C15H18O3/c1-2-3-10-17-15(16)9-8-13-11-12-6-4-5-7-14(12)18-13/h4-7,11H,2-3,8-10H2,1H3. The van der Waals surface area contributed by atoms with E-state index in [1.54, 1.807) is 0 Å². The zero-order chi connectivity index (χ0) is 12.8. The molecule has 0 saturated heterocycles. The van der Waals surface area contributed by atoms with Gasteiger partial charge in [-0.3, -0.25) is 4.79 Å². The Kier molecular flexibility index (Phi) is 4.40. The second kappa shape index (κ2) is 6.24. The van der Waals surface area contributed by atoms with Crippen LogP contribution < -0.4 is 0 Å². The van der Waals surface area contributed by atoms with Crippen LogP contribution in [0.5, 0.6) is 0 Å². The lowest BCUT2D eigenvalue weighted by atomic mass is 10.2. The van der Waals surface area contributed by atoms with Gasteiger partial charge in [0.15, 0.2) is 0 Å². The van der Waals surface area contributed by atoms with Crippen LogP contribution in [0.25, 0.3) is 11.0 Å². The maximum atomic E-state index is 11.4. The summed E-state index contributed by atoms with van der Waals surface area (Å²) < 4.78 is 10.7. The number of aryl methyl sites for hydroxylation is 1. The van der Waals surface area contributed by atoms with Crippen LogP contribution in [0.1, 0.15) is 31.9 Å². The summed E-state index contributed by atoms with van der Waals surface area (Å²) in [6.07, 6.45) is 2.94. The average Bonchev–Trinajstić information content (AvgIpc) is 2.79. The molecule has 96 valence electrons. The Hall–Kier alpha value is -1.77. The minimum atomic E-state index is -0.149. The van der Waals surface area contributed by atoms with Gasteiger partial charge in [0.2, 0.25) is 0 Å². The number of para-hydroxylation sites is 1. The van der Waals surface area contributed by atoms with Crippen molar-refractivity contribution in [2.45, 2.75) is 32.6 Å². The maximum absolute atomic E-state index is 11.4. The highest BCUT2D eigenvalue weighted by atomic mass is 16.5. The molecule has 0 fully saturated rings. The Balaban J connectivity index is 1.84. The predicted molar refractivity (Wildman–Crippen MR) is 70.4 cm³/mol. The number of esters is 1. The van der Waals surface area contributed by atoms with Crippen LogP contribution in [0.2, 0.25) is 0 Å². The van der Waals surface area contributed by atoms with E-state index in [-0.39, 0.29) is 5.97 Å². The van der Waals surface area contributed by atoms with Crippen molar-refractivity contribution < 1.29 is 13.9 Å². The first-order chi connectivity index (χ1) is 8.79. The van der Waals surface area contributed by atoms with Gasteiger partial charge in [0.25, 0.3) is 0 Å². The molecule has 0 bridgehead atoms. The van der Waals surface area contributed by atoms with Gasteiger partial charge in [-0.25, -0.2) is 0 Å². The van der Waals surface area contributed by atoms with E-state index in [2.05, 4.69) is 6.92 Å². The van der Waals surface area contributed by atoms with Crippen molar-refractivity contribution in [2.75, 3.05) is 6.61 Å². The molecule has 0 aliphatic carbocycles. The first kappa shape index (κ1) is 12.7. The Labute approximate surface area is 107 Å². The molecule has 3 heteroatoms. The van der Waals surface area contributed by atoms with Crippen LogP contribution >= 0.6 is 0 Å². The average molecular weight is 246 g/mol. The molecule has 0 N–H and O–H groups in total. The van der Waals surface area contributed by atoms with Gasteiger partial charge in [-0.2, -0.15) is 0 Å². The number of carbonyl (C=O) groups is 1. The van der Waals surface area contributed by atoms with E-state index in [1.165, 1.54) is 0 Å². The molecule has 0 atom stereocenters. The molecule has 3 nitrogen and oxygen atoms in total. The van der Waals surface area contributed by atoms with Crippen LogP contribution in [-0.4, -0.2) is 12.6 Å². The van der Waals surface area contributed by atoms with Crippen molar-refractivity contribution in [2.24, 2.45) is 0 Å². The van der Waals surface area contributed by atoms with Crippen molar-refractivity contribution in [3.63, 3.8) is 0 Å². The van der Waals surface area contributed by atoms with Crippen molar-refractivity contribution in [1.82, 2.24) is 0 Å². The number of ether oxygens (including phenoxy) is 1. The van der Waals surface area contributed by atoms with E-state index in [0.717, 1.165) is 29.6 Å². The first-order valence-electron chi connectivity index (χ1n) is 6.42. The molecule has 2 aromatic rings. The third-order valence-corrected chi connectivity index (χ3v) is 2.81. The quantitative estimate of drug-likeness (QED) is 0.576. The number of carbonyl (C=O) groups excluding carboxylic acids is 1. The number of furan rings is 1. The number of benzene rings is 1. The molecular weight excluding hydrogens is 228 g/mol. The fraction of sp³-hybridized carbons (Fsp3) is 0.400. The summed E-state index contributed by atoms with van der Waals surface area (Å²) in [5.74, 6) is 0.688. The molecule has 0 aliphatic heterocycles. The molecule has 2 rings (SSSR count). The monoisotopic (exact) mass is 246 g/mol. The fourth-order valence-corrected chi connectivity index (χ4v) is 1.79. The largest absolute Gasteiger partial charge is 0.466 e. The van der Waals surface area contributed by atoms with Crippen LogP contribution in [0.4, 0.5) is 0 Å². The van der Waals surface area contributed by atoms with E-state index in [9.17, 15) is 4.79 Å². The minimum Gasteiger partial charge on any atom is -0.466 e. The van der Waals surface area contributed by atoms with E-state index < -0.39 is 0 Å². The Bertz CT molecular complexity index is 480. The zero-order valence-corrected chi connectivity index (χ0v) is 10.6. The van der Waals surface area contributed by atoms with Gasteiger partial charge in [0.1, 0.15) is 11.3 Å². The van der Waals surface area contributed by atoms with E-state index in [1.807, 2.05) is 30.3 Å². The third-order valence-electron chi connectivity index (χ3n) is 2.81. The maximum Gasteiger partial charge on any atom is 0.306 e. The molecule has 0 saturated carbocycles. The lowest BCUT2D eigenvalue weighted by molar-refractivity contribution is -0.143. The van der Waals surface area contributed by atoms with Crippen molar-refractivity contribution >= 4 is 16.9 Å². The van der Waals surface area contributed by atoms with E-state index in [4.69, 9.17) is 9.15 Å². The van der Waals surface area contributed by atoms with Gasteiger partial charge >= 0.3 is 5.97 Å². The van der Waals surface area contributed by atoms with Crippen LogP contribution in [0.15, 0.2) is 34.7 Å². The zero-order valence-electron chi connectivity index (χ0n) is 10.6. The molecule has 0 aliphatic rings. The van der Waals surface area contributed by atoms with Crippen LogP contribution in [0, 0.1) is 0 Å². The summed E-state index contributed by atoms with van der Waals surface area (Å²) in [6.45, 7) is 2.59. The lowest BCUT2D eigenvalue weighted by Crippen LogP contribution is -2.06. The number of rotatable bonds is 6. The number of unbranched alkanes of at least 4 members (excludes halogenated alkanes) is 1. The highest BCUT2D eigenvalue weighted by Gasteiger charge is 2.07. The van der Waals surface area contributed by atoms with Crippen molar-refractivity contribution in [3.8, 4) is 0 Å². The molecule has 1 aromatic carbocycles. The summed E-state index contributed by atoms with van der Waals surface area (Å²) >= 11 is 0. The van der Waals surface area contributed by atoms with Gasteiger partial charge < -0.3 is 9.15 Å². The molecule has 0 amide bonds. The molecule has 0 spiro atoms. The number of fused-ring (bicyclic) bond motifs is 1. The van der Waals surface area contributed by atoms with Gasteiger partial charge in [0, 0.05) is 11.8 Å². The lowest BCUT2D eigenvalue weighted by Gasteiger charge is -2.02. The molecule has 1 heterocycles. The van der Waals surface area contributed by atoms with Gasteiger partial charge in [0.05, 0.1) is 13.0 Å². The normalized spacial score (nSPS) is 10.7. The summed E-state index contributed by atoms with van der Waals surface area (Å²) in [6, 6.07) is 9.82. The first-order valence-corrected chi connectivity index (χ1v) is 6.42. The number of hydrogen-bond donors (Lipinski definition) is 0. The van der Waals surface area contributed by atoms with Crippen molar-refractivity contribution in [3.05, 3.63) is 36.1 Å². The van der Waals surface area contributed by atoms with Gasteiger partial charge in [-0.1, -0.05) is 31.5 Å². The predicted octanol–water partition coefficient (Wildman–Crippen LogP) is 3.71. The second-order valence-corrected chi connectivity index (χ2v) is 4.32. The molecule has 18 heavy (non-hydrogen) atoms. The summed E-state index contributed by atoms with van der Waals surface area (Å²) in [5, 5.41) is 1.08. The Morgan fingerprint density at radius 1 is 1.33 bits per heavy atom. The third kappa shape index (κ3) is 3.36. The number of hydrogen-bond acceptors (Lipinski definition) is 3. The molecule has 0 radical (unpaired) electrons. The summed E-state index contributed by atoms with van der Waals surface area (Å²) in [5.41, 5.74) is 0.867. The van der Waals surface area contributed by atoms with Crippen LogP contribution in [-0.2, 0) is 16.0 Å².